The topological polar surface area (TPSA) is 29.3 Å². The summed E-state index contributed by atoms with van der Waals surface area (Å²) in [4.78, 5) is 2.45. The van der Waals surface area contributed by atoms with Crippen LogP contribution in [0.3, 0.4) is 0 Å². The minimum Gasteiger partial charge on any atom is -0.323 e. The lowest BCUT2D eigenvalue weighted by molar-refractivity contribution is 0.266. The second-order valence-corrected chi connectivity index (χ2v) is 5.46. The summed E-state index contributed by atoms with van der Waals surface area (Å²) in [6.45, 7) is 7.60. The maximum atomic E-state index is 6.39. The molecular weight excluding hydrogens is 244 g/mol. The van der Waals surface area contributed by atoms with E-state index < -0.39 is 0 Å². The number of unbranched alkanes of at least 4 members (excludes halogenated alkanes) is 1. The van der Waals surface area contributed by atoms with E-state index in [-0.39, 0.29) is 6.04 Å². The molecule has 1 atom stereocenters. The van der Waals surface area contributed by atoms with Crippen molar-refractivity contribution >= 4 is 10.8 Å². The van der Waals surface area contributed by atoms with Crippen LogP contribution in [0.4, 0.5) is 0 Å². The predicted molar refractivity (Wildman–Crippen MR) is 87.9 cm³/mol. The van der Waals surface area contributed by atoms with Crippen LogP contribution in [0, 0.1) is 0 Å². The number of hydrogen-bond acceptors (Lipinski definition) is 2. The molecule has 1 unspecified atom stereocenters. The third-order valence-electron chi connectivity index (χ3n) is 3.93. The van der Waals surface area contributed by atoms with E-state index in [1.165, 1.54) is 29.2 Å². The normalized spacial score (nSPS) is 13.0. The van der Waals surface area contributed by atoms with Crippen molar-refractivity contribution in [3.63, 3.8) is 0 Å². The highest BCUT2D eigenvalue weighted by Crippen LogP contribution is 2.20. The number of fused-ring (bicyclic) bond motifs is 1. The molecule has 2 aromatic rings. The highest BCUT2D eigenvalue weighted by Gasteiger charge is 2.11. The molecule has 0 amide bonds. The molecule has 0 fully saturated rings. The zero-order valence-electron chi connectivity index (χ0n) is 12.7. The van der Waals surface area contributed by atoms with Crippen molar-refractivity contribution in [3.05, 3.63) is 48.0 Å². The number of likely N-dealkylation sites (N-methyl/N-ethyl adjacent to an activating group) is 1. The van der Waals surface area contributed by atoms with Crippen LogP contribution in [0.25, 0.3) is 10.8 Å². The van der Waals surface area contributed by atoms with E-state index in [9.17, 15) is 0 Å². The fourth-order valence-corrected chi connectivity index (χ4v) is 2.58. The van der Waals surface area contributed by atoms with Crippen LogP contribution in [0.1, 0.15) is 38.3 Å². The molecule has 2 N–H and O–H groups in total. The predicted octanol–water partition coefficient (Wildman–Crippen LogP) is 3.96. The highest BCUT2D eigenvalue weighted by molar-refractivity contribution is 5.83. The molecule has 20 heavy (non-hydrogen) atoms. The van der Waals surface area contributed by atoms with Crippen molar-refractivity contribution < 1.29 is 0 Å². The Kier molecular flexibility index (Phi) is 5.57. The Morgan fingerprint density at radius 2 is 1.80 bits per heavy atom. The molecule has 0 aliphatic carbocycles. The first kappa shape index (κ1) is 15.0. The first-order valence-corrected chi connectivity index (χ1v) is 7.71. The molecule has 2 aromatic carbocycles. The van der Waals surface area contributed by atoms with E-state index in [0.29, 0.717) is 0 Å². The zero-order valence-corrected chi connectivity index (χ0v) is 12.7. The smallest absolute Gasteiger partial charge is 0.0424 e. The van der Waals surface area contributed by atoms with Crippen molar-refractivity contribution in [2.24, 2.45) is 5.73 Å². The van der Waals surface area contributed by atoms with Crippen molar-refractivity contribution in [1.29, 1.82) is 0 Å². The van der Waals surface area contributed by atoms with E-state index in [2.05, 4.69) is 61.2 Å². The van der Waals surface area contributed by atoms with E-state index in [1.54, 1.807) is 0 Å². The van der Waals surface area contributed by atoms with Gasteiger partial charge in [0.15, 0.2) is 0 Å². The number of nitrogens with two attached hydrogens (primary N) is 1. The summed E-state index contributed by atoms with van der Waals surface area (Å²) >= 11 is 0. The lowest BCUT2D eigenvalue weighted by atomic mass is 10.0. The summed E-state index contributed by atoms with van der Waals surface area (Å²) in [5, 5.41) is 2.55. The number of benzene rings is 2. The molecule has 0 saturated carbocycles. The quantitative estimate of drug-likeness (QED) is 0.825. The molecule has 0 radical (unpaired) electrons. The fourth-order valence-electron chi connectivity index (χ4n) is 2.58. The summed E-state index contributed by atoms with van der Waals surface area (Å²) in [6.07, 6.45) is 2.49. The van der Waals surface area contributed by atoms with Crippen LogP contribution < -0.4 is 5.73 Å². The summed E-state index contributed by atoms with van der Waals surface area (Å²) in [5.74, 6) is 0. The van der Waals surface area contributed by atoms with Crippen LogP contribution in [0.5, 0.6) is 0 Å². The average Bonchev–Trinajstić information content (AvgIpc) is 2.50. The molecule has 0 spiro atoms. The van der Waals surface area contributed by atoms with Gasteiger partial charge in [-0.15, -0.1) is 0 Å². The molecule has 0 aliphatic heterocycles. The second-order valence-electron chi connectivity index (χ2n) is 5.46. The minimum absolute atomic E-state index is 0.0939. The zero-order chi connectivity index (χ0) is 14.4. The summed E-state index contributed by atoms with van der Waals surface area (Å²) < 4.78 is 0. The lowest BCUT2D eigenvalue weighted by Gasteiger charge is -2.24. The Balaban J connectivity index is 2.07. The Bertz CT molecular complexity index is 536. The number of nitrogens with zero attached hydrogens (tertiary/aromatic N) is 1. The molecule has 108 valence electrons. The fraction of sp³-hybridized carbons (Fsp3) is 0.444. The number of rotatable bonds is 7. The second kappa shape index (κ2) is 7.41. The van der Waals surface area contributed by atoms with Gasteiger partial charge in [-0.05, 0) is 41.9 Å². The van der Waals surface area contributed by atoms with Gasteiger partial charge in [0, 0.05) is 12.6 Å². The first-order chi connectivity index (χ1) is 9.74. The molecule has 0 saturated heterocycles. The van der Waals surface area contributed by atoms with Gasteiger partial charge in [0.05, 0.1) is 0 Å². The van der Waals surface area contributed by atoms with Gasteiger partial charge in [-0.2, -0.15) is 0 Å². The van der Waals surface area contributed by atoms with Gasteiger partial charge in [-0.25, -0.2) is 0 Å². The third-order valence-corrected chi connectivity index (χ3v) is 3.93. The third kappa shape index (κ3) is 3.81. The van der Waals surface area contributed by atoms with Gasteiger partial charge in [-0.3, -0.25) is 0 Å². The van der Waals surface area contributed by atoms with E-state index in [4.69, 9.17) is 5.73 Å². The van der Waals surface area contributed by atoms with Crippen LogP contribution >= 0.6 is 0 Å². The van der Waals surface area contributed by atoms with Gasteiger partial charge < -0.3 is 10.6 Å². The number of hydrogen-bond donors (Lipinski definition) is 1. The largest absolute Gasteiger partial charge is 0.323 e. The van der Waals surface area contributed by atoms with Crippen LogP contribution in [0.15, 0.2) is 42.5 Å². The van der Waals surface area contributed by atoms with Crippen LogP contribution in [-0.4, -0.2) is 24.5 Å². The van der Waals surface area contributed by atoms with E-state index in [1.807, 2.05) is 0 Å². The molecule has 0 heterocycles. The van der Waals surface area contributed by atoms with Crippen LogP contribution in [-0.2, 0) is 0 Å². The van der Waals surface area contributed by atoms with Gasteiger partial charge in [-0.1, -0.05) is 56.7 Å². The average molecular weight is 270 g/mol. The highest BCUT2D eigenvalue weighted by atomic mass is 15.1. The summed E-state index contributed by atoms with van der Waals surface area (Å²) in [6, 6.07) is 15.1. The van der Waals surface area contributed by atoms with Crippen molar-refractivity contribution in [2.45, 2.75) is 32.7 Å². The van der Waals surface area contributed by atoms with Gasteiger partial charge in [0.2, 0.25) is 0 Å². The lowest BCUT2D eigenvalue weighted by Crippen LogP contribution is -2.32. The van der Waals surface area contributed by atoms with Gasteiger partial charge in [0.1, 0.15) is 0 Å². The Hall–Kier alpha value is -1.38. The summed E-state index contributed by atoms with van der Waals surface area (Å²) in [7, 11) is 0. The monoisotopic (exact) mass is 270 g/mol. The standard InChI is InChI=1S/C18H26N2/c1-3-5-12-20(4-2)14-18(19)17-11-10-15-8-6-7-9-16(15)13-17/h6-11,13,18H,3-5,12,14,19H2,1-2H3. The maximum Gasteiger partial charge on any atom is 0.0424 e. The molecule has 2 rings (SSSR count). The Morgan fingerprint density at radius 3 is 2.50 bits per heavy atom. The van der Waals surface area contributed by atoms with E-state index >= 15 is 0 Å². The molecule has 2 nitrogen and oxygen atoms in total. The molecule has 0 aliphatic rings. The molecule has 2 heteroatoms. The Labute approximate surface area is 122 Å². The summed E-state index contributed by atoms with van der Waals surface area (Å²) in [5.41, 5.74) is 7.63. The molecule has 0 aromatic heterocycles. The van der Waals surface area contributed by atoms with Crippen LogP contribution in [0.2, 0.25) is 0 Å². The van der Waals surface area contributed by atoms with Gasteiger partial charge >= 0.3 is 0 Å². The van der Waals surface area contributed by atoms with Crippen molar-refractivity contribution in [3.8, 4) is 0 Å². The van der Waals surface area contributed by atoms with Crippen molar-refractivity contribution in [2.75, 3.05) is 19.6 Å². The maximum absolute atomic E-state index is 6.39. The molecular formula is C18H26N2. The van der Waals surface area contributed by atoms with Gasteiger partial charge in [0.25, 0.3) is 0 Å². The van der Waals surface area contributed by atoms with E-state index in [0.717, 1.165) is 19.6 Å². The SMILES string of the molecule is CCCCN(CC)CC(N)c1ccc2ccccc2c1. The van der Waals surface area contributed by atoms with Crippen molar-refractivity contribution in [1.82, 2.24) is 4.90 Å². The Morgan fingerprint density at radius 1 is 1.05 bits per heavy atom. The first-order valence-electron chi connectivity index (χ1n) is 7.71. The molecule has 0 bridgehead atoms. The minimum atomic E-state index is 0.0939.